The van der Waals surface area contributed by atoms with Gasteiger partial charge in [-0.15, -0.1) is 0 Å². The van der Waals surface area contributed by atoms with E-state index in [1.807, 2.05) is 19.2 Å². The third kappa shape index (κ3) is 3.96. The first-order chi connectivity index (χ1) is 9.16. The molecule has 0 saturated carbocycles. The number of pyridine rings is 1. The predicted molar refractivity (Wildman–Crippen MR) is 76.6 cm³/mol. The van der Waals surface area contributed by atoms with Crippen LogP contribution in [-0.2, 0) is 6.54 Å². The van der Waals surface area contributed by atoms with Gasteiger partial charge in [0.25, 0.3) is 5.56 Å². The van der Waals surface area contributed by atoms with Crippen molar-refractivity contribution in [3.8, 4) is 5.75 Å². The van der Waals surface area contributed by atoms with Crippen LogP contribution in [0.5, 0.6) is 5.75 Å². The van der Waals surface area contributed by atoms with E-state index in [4.69, 9.17) is 4.74 Å². The van der Waals surface area contributed by atoms with Gasteiger partial charge in [0.15, 0.2) is 5.75 Å². The van der Waals surface area contributed by atoms with Gasteiger partial charge in [0.2, 0.25) is 0 Å². The number of nitrogens with one attached hydrogen (secondary N) is 1. The van der Waals surface area contributed by atoms with Crippen molar-refractivity contribution in [1.82, 2.24) is 9.88 Å². The van der Waals surface area contributed by atoms with Crippen LogP contribution in [0.3, 0.4) is 0 Å². The summed E-state index contributed by atoms with van der Waals surface area (Å²) in [6.45, 7) is 8.93. The van der Waals surface area contributed by atoms with Gasteiger partial charge >= 0.3 is 0 Å². The molecule has 1 saturated heterocycles. The molecule has 1 aliphatic heterocycles. The van der Waals surface area contributed by atoms with Crippen molar-refractivity contribution in [2.24, 2.45) is 5.92 Å². The van der Waals surface area contributed by atoms with Gasteiger partial charge in [-0.1, -0.05) is 6.58 Å². The highest BCUT2D eigenvalue weighted by molar-refractivity contribution is 5.18. The van der Waals surface area contributed by atoms with E-state index < -0.39 is 0 Å². The highest BCUT2D eigenvalue weighted by Crippen LogP contribution is 2.14. The van der Waals surface area contributed by atoms with E-state index in [9.17, 15) is 4.79 Å². The first-order valence-electron chi connectivity index (χ1n) is 6.84. The van der Waals surface area contributed by atoms with Gasteiger partial charge in [-0.05, 0) is 56.5 Å². The molecule has 0 atom stereocenters. The molecule has 2 heterocycles. The Morgan fingerprint density at radius 1 is 1.53 bits per heavy atom. The van der Waals surface area contributed by atoms with Crippen LogP contribution in [0.4, 0.5) is 0 Å². The second kappa shape index (κ2) is 6.57. The summed E-state index contributed by atoms with van der Waals surface area (Å²) in [7, 11) is 0. The SMILES string of the molecule is C=C(C)COc1cccn(CC2CCNCC2)c1=O. The summed E-state index contributed by atoms with van der Waals surface area (Å²) >= 11 is 0. The summed E-state index contributed by atoms with van der Waals surface area (Å²) in [5.41, 5.74) is 0.871. The maximum absolute atomic E-state index is 12.2. The standard InChI is InChI=1S/C15H22N2O2/c1-12(2)11-19-14-4-3-9-17(15(14)18)10-13-5-7-16-8-6-13/h3-4,9,13,16H,1,5-8,10-11H2,2H3. The number of rotatable bonds is 5. The van der Waals surface area contributed by atoms with E-state index in [0.29, 0.717) is 18.3 Å². The molecule has 0 unspecified atom stereocenters. The fourth-order valence-corrected chi connectivity index (χ4v) is 2.31. The Kier molecular flexibility index (Phi) is 4.80. The maximum Gasteiger partial charge on any atom is 0.292 e. The molecule has 0 aromatic carbocycles. The van der Waals surface area contributed by atoms with Crippen molar-refractivity contribution in [3.63, 3.8) is 0 Å². The number of piperidine rings is 1. The van der Waals surface area contributed by atoms with Crippen LogP contribution < -0.4 is 15.6 Å². The summed E-state index contributed by atoms with van der Waals surface area (Å²) in [4.78, 5) is 12.2. The molecular formula is C15H22N2O2. The summed E-state index contributed by atoms with van der Waals surface area (Å²) in [5.74, 6) is 0.995. The molecule has 1 fully saturated rings. The van der Waals surface area contributed by atoms with Crippen molar-refractivity contribution in [1.29, 1.82) is 0 Å². The summed E-state index contributed by atoms with van der Waals surface area (Å²) in [5, 5.41) is 3.34. The second-order valence-electron chi connectivity index (χ2n) is 5.27. The van der Waals surface area contributed by atoms with Crippen molar-refractivity contribution >= 4 is 0 Å². The summed E-state index contributed by atoms with van der Waals surface area (Å²) in [6, 6.07) is 3.60. The number of nitrogens with zero attached hydrogens (tertiary/aromatic N) is 1. The van der Waals surface area contributed by atoms with E-state index >= 15 is 0 Å². The zero-order valence-electron chi connectivity index (χ0n) is 11.5. The largest absolute Gasteiger partial charge is 0.484 e. The van der Waals surface area contributed by atoms with Crippen molar-refractivity contribution in [3.05, 3.63) is 40.8 Å². The van der Waals surface area contributed by atoms with Crippen molar-refractivity contribution in [2.75, 3.05) is 19.7 Å². The van der Waals surface area contributed by atoms with E-state index in [2.05, 4.69) is 11.9 Å². The lowest BCUT2D eigenvalue weighted by Gasteiger charge is -2.23. The Hall–Kier alpha value is -1.55. The minimum atomic E-state index is -0.0396. The highest BCUT2D eigenvalue weighted by Gasteiger charge is 2.15. The highest BCUT2D eigenvalue weighted by atomic mass is 16.5. The Labute approximate surface area is 114 Å². The smallest absolute Gasteiger partial charge is 0.292 e. The van der Waals surface area contributed by atoms with E-state index in [1.165, 1.54) is 0 Å². The van der Waals surface area contributed by atoms with Gasteiger partial charge in [-0.2, -0.15) is 0 Å². The van der Waals surface area contributed by atoms with Gasteiger partial charge in [0.05, 0.1) is 0 Å². The van der Waals surface area contributed by atoms with E-state index in [1.54, 1.807) is 10.6 Å². The molecule has 104 valence electrons. The molecule has 0 spiro atoms. The number of aromatic nitrogens is 1. The Bertz CT molecular complexity index is 487. The second-order valence-corrected chi connectivity index (χ2v) is 5.27. The van der Waals surface area contributed by atoms with Crippen molar-refractivity contribution in [2.45, 2.75) is 26.3 Å². The monoisotopic (exact) mass is 262 g/mol. The minimum absolute atomic E-state index is 0.0396. The van der Waals surface area contributed by atoms with Crippen LogP contribution in [0.2, 0.25) is 0 Å². The molecule has 0 aliphatic carbocycles. The lowest BCUT2D eigenvalue weighted by Crippen LogP contribution is -2.32. The van der Waals surface area contributed by atoms with E-state index in [-0.39, 0.29) is 5.56 Å². The quantitative estimate of drug-likeness (QED) is 0.823. The zero-order valence-corrected chi connectivity index (χ0v) is 11.5. The summed E-state index contributed by atoms with van der Waals surface area (Å²) < 4.78 is 7.25. The average Bonchev–Trinajstić information content (AvgIpc) is 2.41. The summed E-state index contributed by atoms with van der Waals surface area (Å²) in [6.07, 6.45) is 4.10. The lowest BCUT2D eigenvalue weighted by molar-refractivity contribution is 0.317. The normalized spacial score (nSPS) is 16.3. The van der Waals surface area contributed by atoms with Gasteiger partial charge in [0, 0.05) is 12.7 Å². The molecule has 4 heteroatoms. The van der Waals surface area contributed by atoms with Crippen LogP contribution in [0.15, 0.2) is 35.3 Å². The molecule has 4 nitrogen and oxygen atoms in total. The minimum Gasteiger partial charge on any atom is -0.484 e. The van der Waals surface area contributed by atoms with Gasteiger partial charge in [-0.25, -0.2) is 0 Å². The molecule has 0 bridgehead atoms. The molecule has 0 amide bonds. The van der Waals surface area contributed by atoms with Crippen LogP contribution in [-0.4, -0.2) is 24.3 Å². The molecule has 2 rings (SSSR count). The van der Waals surface area contributed by atoms with Gasteiger partial charge in [0.1, 0.15) is 6.61 Å². The third-order valence-corrected chi connectivity index (χ3v) is 3.37. The van der Waals surface area contributed by atoms with Crippen LogP contribution >= 0.6 is 0 Å². The average molecular weight is 262 g/mol. The van der Waals surface area contributed by atoms with Gasteiger partial charge < -0.3 is 14.6 Å². The Balaban J connectivity index is 2.06. The predicted octanol–water partition coefficient (Wildman–Crippen LogP) is 1.80. The molecule has 19 heavy (non-hydrogen) atoms. The molecule has 1 aliphatic rings. The number of hydrogen-bond acceptors (Lipinski definition) is 3. The molecule has 1 N–H and O–H groups in total. The first kappa shape index (κ1) is 13.9. The lowest BCUT2D eigenvalue weighted by atomic mass is 9.98. The fourth-order valence-electron chi connectivity index (χ4n) is 2.31. The van der Waals surface area contributed by atoms with E-state index in [0.717, 1.165) is 38.0 Å². The van der Waals surface area contributed by atoms with Crippen LogP contribution in [0, 0.1) is 5.92 Å². The Morgan fingerprint density at radius 2 is 2.26 bits per heavy atom. The first-order valence-corrected chi connectivity index (χ1v) is 6.84. The van der Waals surface area contributed by atoms with Crippen molar-refractivity contribution < 1.29 is 4.74 Å². The maximum atomic E-state index is 12.2. The Morgan fingerprint density at radius 3 is 2.95 bits per heavy atom. The van der Waals surface area contributed by atoms with Gasteiger partial charge in [-0.3, -0.25) is 4.79 Å². The molecular weight excluding hydrogens is 240 g/mol. The molecule has 0 radical (unpaired) electrons. The topological polar surface area (TPSA) is 43.3 Å². The molecule has 1 aromatic rings. The molecule has 1 aromatic heterocycles. The fraction of sp³-hybridized carbons (Fsp3) is 0.533. The van der Waals surface area contributed by atoms with Crippen LogP contribution in [0.1, 0.15) is 19.8 Å². The van der Waals surface area contributed by atoms with Crippen LogP contribution in [0.25, 0.3) is 0 Å². The number of hydrogen-bond donors (Lipinski definition) is 1. The third-order valence-electron chi connectivity index (χ3n) is 3.37. The number of ether oxygens (including phenoxy) is 1. The zero-order chi connectivity index (χ0) is 13.7.